The summed E-state index contributed by atoms with van der Waals surface area (Å²) in [6, 6.07) is 6.94. The summed E-state index contributed by atoms with van der Waals surface area (Å²) in [6.45, 7) is 6.94. The highest BCUT2D eigenvalue weighted by Crippen LogP contribution is 2.22. The van der Waals surface area contributed by atoms with Gasteiger partial charge in [-0.2, -0.15) is 0 Å². The van der Waals surface area contributed by atoms with Crippen LogP contribution in [-0.2, 0) is 9.59 Å². The lowest BCUT2D eigenvalue weighted by molar-refractivity contribution is -0.123. The number of benzene rings is 1. The van der Waals surface area contributed by atoms with Crippen molar-refractivity contribution in [2.75, 3.05) is 30.3 Å². The zero-order chi connectivity index (χ0) is 21.0. The van der Waals surface area contributed by atoms with Crippen molar-refractivity contribution >= 4 is 39.8 Å². The van der Waals surface area contributed by atoms with Crippen molar-refractivity contribution in [1.29, 1.82) is 0 Å². The fraction of sp³-hybridized carbons (Fsp3) is 0.429. The first-order valence-corrected chi connectivity index (χ1v) is 10.5. The lowest BCUT2D eigenvalue weighted by Crippen LogP contribution is -2.44. The summed E-state index contributed by atoms with van der Waals surface area (Å²) in [4.78, 5) is 44.0. The molecule has 2 N–H and O–H groups in total. The molecule has 1 aromatic heterocycles. The van der Waals surface area contributed by atoms with Gasteiger partial charge in [-0.1, -0.05) is 12.1 Å². The van der Waals surface area contributed by atoms with Crippen LogP contribution < -0.4 is 10.6 Å². The number of amides is 2. The first kappa shape index (κ1) is 21.1. The number of piperidine rings is 1. The Morgan fingerprint density at radius 3 is 2.72 bits per heavy atom. The number of anilines is 2. The predicted molar refractivity (Wildman–Crippen MR) is 114 cm³/mol. The molecule has 8 heteroatoms. The van der Waals surface area contributed by atoms with Crippen LogP contribution in [0.1, 0.15) is 40.7 Å². The van der Waals surface area contributed by atoms with Crippen LogP contribution in [-0.4, -0.2) is 47.1 Å². The monoisotopic (exact) mass is 414 g/mol. The van der Waals surface area contributed by atoms with E-state index in [-0.39, 0.29) is 30.1 Å². The summed E-state index contributed by atoms with van der Waals surface area (Å²) >= 11 is 1.46. The van der Waals surface area contributed by atoms with Crippen molar-refractivity contribution in [3.63, 3.8) is 0 Å². The normalized spacial score (nSPS) is 17.0. The zero-order valence-electron chi connectivity index (χ0n) is 16.9. The van der Waals surface area contributed by atoms with Gasteiger partial charge in [0, 0.05) is 22.7 Å². The maximum atomic E-state index is 12.7. The summed E-state index contributed by atoms with van der Waals surface area (Å²) in [7, 11) is 0. The Bertz CT molecular complexity index is 905. The topological polar surface area (TPSA) is 91.4 Å². The summed E-state index contributed by atoms with van der Waals surface area (Å²) in [5.74, 6) is -0.431. The van der Waals surface area contributed by atoms with Crippen LogP contribution in [0.2, 0.25) is 0 Å². The molecule has 2 amide bonds. The smallest absolute Gasteiger partial charge is 0.240 e. The number of thiazole rings is 1. The third-order valence-electron chi connectivity index (χ3n) is 5.06. The van der Waals surface area contributed by atoms with E-state index in [2.05, 4.69) is 15.6 Å². The Kier molecular flexibility index (Phi) is 6.76. The van der Waals surface area contributed by atoms with Crippen molar-refractivity contribution in [3.8, 4) is 0 Å². The molecule has 3 rings (SSSR count). The Balaban J connectivity index is 1.54. The highest BCUT2D eigenvalue weighted by molar-refractivity contribution is 7.15. The summed E-state index contributed by atoms with van der Waals surface area (Å²) in [5, 5.41) is 6.36. The molecular formula is C21H26N4O3S. The van der Waals surface area contributed by atoms with Crippen LogP contribution in [0.4, 0.5) is 10.8 Å². The van der Waals surface area contributed by atoms with Crippen molar-refractivity contribution in [1.82, 2.24) is 9.88 Å². The van der Waals surface area contributed by atoms with E-state index >= 15 is 0 Å². The zero-order valence-corrected chi connectivity index (χ0v) is 17.8. The average Bonchev–Trinajstić information content (AvgIpc) is 2.99. The van der Waals surface area contributed by atoms with Gasteiger partial charge in [0.05, 0.1) is 18.2 Å². The van der Waals surface area contributed by atoms with E-state index in [1.807, 2.05) is 18.7 Å². The fourth-order valence-electron chi connectivity index (χ4n) is 3.36. The molecule has 1 aromatic carbocycles. The summed E-state index contributed by atoms with van der Waals surface area (Å²) in [5.41, 5.74) is 2.11. The van der Waals surface area contributed by atoms with Crippen molar-refractivity contribution in [3.05, 3.63) is 40.4 Å². The number of carbonyl (C=O) groups is 3. The minimum Gasteiger partial charge on any atom is -0.326 e. The van der Waals surface area contributed by atoms with Crippen LogP contribution in [0, 0.1) is 19.8 Å². The van der Waals surface area contributed by atoms with E-state index in [9.17, 15) is 14.4 Å². The lowest BCUT2D eigenvalue weighted by Gasteiger charge is -2.31. The van der Waals surface area contributed by atoms with Crippen molar-refractivity contribution in [2.24, 2.45) is 5.92 Å². The number of carbonyl (C=O) groups excluding carboxylic acids is 3. The Labute approximate surface area is 174 Å². The molecule has 1 fully saturated rings. The molecule has 0 bridgehead atoms. The number of hydrogen-bond acceptors (Lipinski definition) is 6. The number of nitrogens with zero attached hydrogens (tertiary/aromatic N) is 2. The molecule has 1 aliphatic rings. The van der Waals surface area contributed by atoms with E-state index in [4.69, 9.17) is 0 Å². The van der Waals surface area contributed by atoms with Gasteiger partial charge in [0.2, 0.25) is 11.8 Å². The molecule has 0 aliphatic carbocycles. The van der Waals surface area contributed by atoms with Crippen molar-refractivity contribution in [2.45, 2.75) is 33.6 Å². The molecule has 1 atom stereocenters. The molecule has 1 unspecified atom stereocenters. The van der Waals surface area contributed by atoms with E-state index in [1.54, 1.807) is 24.3 Å². The van der Waals surface area contributed by atoms with Crippen LogP contribution >= 0.6 is 11.3 Å². The number of ketones is 1. The van der Waals surface area contributed by atoms with Gasteiger partial charge in [-0.25, -0.2) is 4.98 Å². The molecule has 29 heavy (non-hydrogen) atoms. The quantitative estimate of drug-likeness (QED) is 0.708. The minimum absolute atomic E-state index is 0.0402. The molecule has 2 heterocycles. The van der Waals surface area contributed by atoms with Crippen LogP contribution in [0.3, 0.4) is 0 Å². The molecule has 154 valence electrons. The van der Waals surface area contributed by atoms with Gasteiger partial charge in [0.15, 0.2) is 10.9 Å². The van der Waals surface area contributed by atoms with Gasteiger partial charge in [0.25, 0.3) is 0 Å². The lowest BCUT2D eigenvalue weighted by atomic mass is 9.97. The molecule has 0 spiro atoms. The molecular weight excluding hydrogens is 388 g/mol. The third-order valence-corrected chi connectivity index (χ3v) is 6.04. The fourth-order valence-corrected chi connectivity index (χ4v) is 4.19. The number of rotatable bonds is 6. The summed E-state index contributed by atoms with van der Waals surface area (Å²) in [6.07, 6.45) is 1.63. The molecule has 7 nitrogen and oxygen atoms in total. The third kappa shape index (κ3) is 5.71. The van der Waals surface area contributed by atoms with Gasteiger partial charge in [-0.3, -0.25) is 19.3 Å². The molecule has 2 aromatic rings. The first-order chi connectivity index (χ1) is 13.8. The summed E-state index contributed by atoms with van der Waals surface area (Å²) < 4.78 is 0. The second-order valence-electron chi connectivity index (χ2n) is 7.41. The van der Waals surface area contributed by atoms with Crippen LogP contribution in [0.15, 0.2) is 24.3 Å². The van der Waals surface area contributed by atoms with E-state index < -0.39 is 0 Å². The van der Waals surface area contributed by atoms with Gasteiger partial charge in [0.1, 0.15) is 0 Å². The molecule has 1 aliphatic heterocycles. The number of nitrogens with one attached hydrogen (secondary N) is 2. The van der Waals surface area contributed by atoms with E-state index in [0.29, 0.717) is 22.9 Å². The number of aromatic nitrogens is 1. The Morgan fingerprint density at radius 2 is 2.03 bits per heavy atom. The van der Waals surface area contributed by atoms with Gasteiger partial charge in [-0.15, -0.1) is 11.3 Å². The average molecular weight is 415 g/mol. The standard InChI is InChI=1S/C21H26N4O3S/c1-13-15(3)29-21(22-13)24-19(27)12-25-9-5-7-17(11-25)20(28)23-18-8-4-6-16(10-18)14(2)26/h4,6,8,10,17H,5,7,9,11-12H2,1-3H3,(H,23,28)(H,22,24,27). The first-order valence-electron chi connectivity index (χ1n) is 9.70. The Hall–Kier alpha value is -2.58. The van der Waals surface area contributed by atoms with Crippen molar-refractivity contribution < 1.29 is 14.4 Å². The largest absolute Gasteiger partial charge is 0.326 e. The maximum absolute atomic E-state index is 12.7. The molecule has 0 saturated carbocycles. The molecule has 0 radical (unpaired) electrons. The number of aryl methyl sites for hydroxylation is 2. The predicted octanol–water partition coefficient (Wildman–Crippen LogP) is 3.25. The minimum atomic E-state index is -0.193. The SMILES string of the molecule is CC(=O)c1cccc(NC(=O)C2CCCN(CC(=O)Nc3nc(C)c(C)s3)C2)c1. The number of likely N-dealkylation sites (tertiary alicyclic amines) is 1. The van der Waals surface area contributed by atoms with Gasteiger partial charge in [-0.05, 0) is 52.3 Å². The Morgan fingerprint density at radius 1 is 1.24 bits per heavy atom. The van der Waals surface area contributed by atoms with Crippen LogP contribution in [0.25, 0.3) is 0 Å². The maximum Gasteiger partial charge on any atom is 0.240 e. The van der Waals surface area contributed by atoms with E-state index in [0.717, 1.165) is 30.0 Å². The number of Topliss-reactive ketones (excluding diaryl/α,β-unsaturated/α-hetero) is 1. The van der Waals surface area contributed by atoms with Gasteiger partial charge < -0.3 is 10.6 Å². The highest BCUT2D eigenvalue weighted by Gasteiger charge is 2.27. The highest BCUT2D eigenvalue weighted by atomic mass is 32.1. The second-order valence-corrected chi connectivity index (χ2v) is 8.61. The van der Waals surface area contributed by atoms with Gasteiger partial charge >= 0.3 is 0 Å². The molecule has 1 saturated heterocycles. The van der Waals surface area contributed by atoms with Crippen LogP contribution in [0.5, 0.6) is 0 Å². The number of hydrogen-bond donors (Lipinski definition) is 2. The van der Waals surface area contributed by atoms with E-state index in [1.165, 1.54) is 18.3 Å². The second kappa shape index (κ2) is 9.28.